The van der Waals surface area contributed by atoms with Crippen molar-refractivity contribution in [3.63, 3.8) is 0 Å². The number of alkyl halides is 1. The van der Waals surface area contributed by atoms with Crippen LogP contribution < -0.4 is 0 Å². The summed E-state index contributed by atoms with van der Waals surface area (Å²) in [6.07, 6.45) is 0. The maximum atomic E-state index is 8.73. The summed E-state index contributed by atoms with van der Waals surface area (Å²) < 4.78 is 0. The monoisotopic (exact) mass is 188 g/mol. The molecule has 0 amide bonds. The predicted octanol–water partition coefficient (Wildman–Crippen LogP) is 2.47. The number of aliphatic hydroxyl groups excluding tert-OH is 1. The minimum Gasteiger partial charge on any atom is -0.392 e. The molecule has 0 aromatic heterocycles. The molecule has 1 aromatic rings. The number of benzene rings is 1. The van der Waals surface area contributed by atoms with Crippen molar-refractivity contribution in [3.05, 3.63) is 29.8 Å². The van der Waals surface area contributed by atoms with Crippen LogP contribution in [-0.4, -0.2) is 10.3 Å². The molecule has 11 heavy (non-hydrogen) atoms. The van der Waals surface area contributed by atoms with E-state index in [0.717, 1.165) is 10.5 Å². The predicted molar refractivity (Wildman–Crippen MR) is 48.9 cm³/mol. The molecule has 1 nitrogen and oxygen atoms in total. The Labute approximate surface area is 75.4 Å². The highest BCUT2D eigenvalue weighted by molar-refractivity contribution is 8.00. The van der Waals surface area contributed by atoms with Crippen molar-refractivity contribution in [2.45, 2.75) is 11.5 Å². The molecule has 0 aliphatic heterocycles. The van der Waals surface area contributed by atoms with E-state index in [0.29, 0.717) is 5.21 Å². The second kappa shape index (κ2) is 4.65. The highest BCUT2D eigenvalue weighted by Crippen LogP contribution is 2.18. The van der Waals surface area contributed by atoms with E-state index in [2.05, 4.69) is 0 Å². The van der Waals surface area contributed by atoms with Gasteiger partial charge in [-0.05, 0) is 17.7 Å². The van der Waals surface area contributed by atoms with Gasteiger partial charge in [0.1, 0.15) is 0 Å². The van der Waals surface area contributed by atoms with Crippen LogP contribution >= 0.6 is 23.4 Å². The molecular formula is C8H9ClOS. The topological polar surface area (TPSA) is 20.2 Å². The Bertz CT molecular complexity index is 210. The number of aliphatic hydroxyl groups is 1. The van der Waals surface area contributed by atoms with E-state index < -0.39 is 0 Å². The molecule has 0 fully saturated rings. The van der Waals surface area contributed by atoms with E-state index in [-0.39, 0.29) is 6.61 Å². The lowest BCUT2D eigenvalue weighted by molar-refractivity contribution is 0.282. The summed E-state index contributed by atoms with van der Waals surface area (Å²) in [5, 5.41) is 9.29. The molecule has 0 saturated carbocycles. The van der Waals surface area contributed by atoms with Crippen molar-refractivity contribution in [1.82, 2.24) is 0 Å². The molecule has 0 radical (unpaired) electrons. The molecule has 1 aromatic carbocycles. The Morgan fingerprint density at radius 1 is 1.27 bits per heavy atom. The van der Waals surface area contributed by atoms with Crippen molar-refractivity contribution in [3.8, 4) is 0 Å². The van der Waals surface area contributed by atoms with E-state index in [9.17, 15) is 0 Å². The first-order chi connectivity index (χ1) is 5.36. The van der Waals surface area contributed by atoms with Crippen molar-refractivity contribution < 1.29 is 5.11 Å². The number of halogens is 1. The van der Waals surface area contributed by atoms with E-state index in [1.165, 1.54) is 0 Å². The molecule has 0 unspecified atom stereocenters. The lowest BCUT2D eigenvalue weighted by Gasteiger charge is -1.98. The normalized spacial score (nSPS) is 10.0. The van der Waals surface area contributed by atoms with E-state index >= 15 is 0 Å². The molecule has 60 valence electrons. The van der Waals surface area contributed by atoms with E-state index in [1.54, 1.807) is 11.8 Å². The van der Waals surface area contributed by atoms with Crippen molar-refractivity contribution >= 4 is 23.4 Å². The fourth-order valence-electron chi connectivity index (χ4n) is 0.754. The van der Waals surface area contributed by atoms with Gasteiger partial charge in [0.05, 0.1) is 11.8 Å². The summed E-state index contributed by atoms with van der Waals surface area (Å²) in [5.41, 5.74) is 0.934. The van der Waals surface area contributed by atoms with Crippen molar-refractivity contribution in [2.75, 3.05) is 5.21 Å². The number of hydrogen-bond acceptors (Lipinski definition) is 2. The summed E-state index contributed by atoms with van der Waals surface area (Å²) in [6, 6.07) is 7.71. The van der Waals surface area contributed by atoms with Crippen LogP contribution in [0.5, 0.6) is 0 Å². The molecule has 0 heterocycles. The van der Waals surface area contributed by atoms with Crippen LogP contribution in [0.3, 0.4) is 0 Å². The molecule has 0 atom stereocenters. The fraction of sp³-hybridized carbons (Fsp3) is 0.250. The highest BCUT2D eigenvalue weighted by atomic mass is 35.5. The van der Waals surface area contributed by atoms with E-state index in [1.807, 2.05) is 24.3 Å². The first-order valence-electron chi connectivity index (χ1n) is 3.25. The molecule has 1 rings (SSSR count). The summed E-state index contributed by atoms with van der Waals surface area (Å²) in [5.74, 6) is 0. The zero-order valence-corrected chi connectivity index (χ0v) is 7.53. The van der Waals surface area contributed by atoms with Gasteiger partial charge in [0, 0.05) is 4.90 Å². The van der Waals surface area contributed by atoms with Gasteiger partial charge in [0.15, 0.2) is 0 Å². The van der Waals surface area contributed by atoms with E-state index in [4.69, 9.17) is 16.7 Å². The summed E-state index contributed by atoms with van der Waals surface area (Å²) >= 11 is 7.10. The number of rotatable bonds is 3. The van der Waals surface area contributed by atoms with Gasteiger partial charge in [-0.25, -0.2) is 0 Å². The molecule has 3 heteroatoms. The molecular weight excluding hydrogens is 180 g/mol. The van der Waals surface area contributed by atoms with Gasteiger partial charge in [-0.1, -0.05) is 12.1 Å². The minimum atomic E-state index is 0.103. The molecule has 0 aliphatic rings. The zero-order valence-electron chi connectivity index (χ0n) is 5.96. The Morgan fingerprint density at radius 2 is 1.91 bits per heavy atom. The standard InChI is InChI=1S/C8H9ClOS/c9-6-11-8-3-1-7(5-10)2-4-8/h1-4,10H,5-6H2. The summed E-state index contributed by atoms with van der Waals surface area (Å²) in [7, 11) is 0. The Kier molecular flexibility index (Phi) is 3.77. The van der Waals surface area contributed by atoms with Gasteiger partial charge in [0.2, 0.25) is 0 Å². The quantitative estimate of drug-likeness (QED) is 0.581. The summed E-state index contributed by atoms with van der Waals surface area (Å²) in [4.78, 5) is 1.14. The van der Waals surface area contributed by atoms with Gasteiger partial charge >= 0.3 is 0 Å². The third kappa shape index (κ3) is 2.73. The average Bonchev–Trinajstić information content (AvgIpc) is 2.07. The number of thioether (sulfide) groups is 1. The third-order valence-corrected chi connectivity index (χ3v) is 2.37. The zero-order chi connectivity index (χ0) is 8.10. The molecule has 1 N–H and O–H groups in total. The van der Waals surface area contributed by atoms with Crippen LogP contribution in [0.2, 0.25) is 0 Å². The van der Waals surface area contributed by atoms with Gasteiger partial charge in [-0.2, -0.15) is 0 Å². The molecule has 0 aliphatic carbocycles. The Hall–Kier alpha value is -0.180. The Morgan fingerprint density at radius 3 is 2.36 bits per heavy atom. The highest BCUT2D eigenvalue weighted by Gasteiger charge is 1.92. The van der Waals surface area contributed by atoms with Crippen LogP contribution in [0.25, 0.3) is 0 Å². The lowest BCUT2D eigenvalue weighted by Crippen LogP contribution is -1.80. The van der Waals surface area contributed by atoms with Crippen LogP contribution in [0.1, 0.15) is 5.56 Å². The first kappa shape index (κ1) is 8.91. The van der Waals surface area contributed by atoms with Gasteiger partial charge in [-0.15, -0.1) is 23.4 Å². The molecule has 0 bridgehead atoms. The molecule has 0 spiro atoms. The minimum absolute atomic E-state index is 0.103. The fourth-order valence-corrected chi connectivity index (χ4v) is 1.59. The SMILES string of the molecule is OCc1ccc(SCCl)cc1. The third-order valence-electron chi connectivity index (χ3n) is 1.33. The second-order valence-electron chi connectivity index (χ2n) is 2.06. The average molecular weight is 189 g/mol. The van der Waals surface area contributed by atoms with Crippen LogP contribution in [0.15, 0.2) is 29.2 Å². The van der Waals surface area contributed by atoms with Crippen molar-refractivity contribution in [2.24, 2.45) is 0 Å². The largest absolute Gasteiger partial charge is 0.392 e. The summed E-state index contributed by atoms with van der Waals surface area (Å²) in [6.45, 7) is 0.103. The number of hydrogen-bond donors (Lipinski definition) is 1. The van der Waals surface area contributed by atoms with Gasteiger partial charge in [0.25, 0.3) is 0 Å². The Balaban J connectivity index is 2.66. The van der Waals surface area contributed by atoms with Crippen LogP contribution in [-0.2, 0) is 6.61 Å². The van der Waals surface area contributed by atoms with Crippen molar-refractivity contribution in [1.29, 1.82) is 0 Å². The maximum absolute atomic E-state index is 8.73. The van der Waals surface area contributed by atoms with Gasteiger partial charge in [-0.3, -0.25) is 0 Å². The van der Waals surface area contributed by atoms with Crippen LogP contribution in [0, 0.1) is 0 Å². The maximum Gasteiger partial charge on any atom is 0.0727 e. The van der Waals surface area contributed by atoms with Gasteiger partial charge < -0.3 is 5.11 Å². The lowest BCUT2D eigenvalue weighted by atomic mass is 10.2. The molecule has 0 saturated heterocycles. The first-order valence-corrected chi connectivity index (χ1v) is 4.77. The second-order valence-corrected chi connectivity index (χ2v) is 3.69. The smallest absolute Gasteiger partial charge is 0.0727 e. The van der Waals surface area contributed by atoms with Crippen LogP contribution in [0.4, 0.5) is 0 Å².